The zero-order chi connectivity index (χ0) is 24.5. The lowest BCUT2D eigenvalue weighted by Crippen LogP contribution is -2.29. The van der Waals surface area contributed by atoms with Crippen molar-refractivity contribution < 1.29 is 9.53 Å². The summed E-state index contributed by atoms with van der Waals surface area (Å²) < 4.78 is 7.24. The van der Waals surface area contributed by atoms with Crippen LogP contribution >= 0.6 is 0 Å². The van der Waals surface area contributed by atoms with Gasteiger partial charge < -0.3 is 14.6 Å². The Kier molecular flexibility index (Phi) is 7.01. The molecule has 0 saturated heterocycles. The van der Waals surface area contributed by atoms with Gasteiger partial charge in [-0.25, -0.2) is 4.98 Å². The molecular weight excluding hydrogens is 422 g/mol. The fourth-order valence-corrected chi connectivity index (χ4v) is 5.68. The van der Waals surface area contributed by atoms with Crippen LogP contribution < -0.4 is 5.32 Å². The summed E-state index contributed by atoms with van der Waals surface area (Å²) in [7, 11) is 1.44. The number of aromatic nitrogens is 2. The molecule has 4 rings (SSSR count). The van der Waals surface area contributed by atoms with E-state index in [1.165, 1.54) is 19.1 Å². The molecule has 1 aromatic heterocycles. The summed E-state index contributed by atoms with van der Waals surface area (Å²) in [6, 6.07) is 15.5. The number of fused-ring (bicyclic) bond motifs is 1. The average molecular weight is 462 g/mol. The highest BCUT2D eigenvalue weighted by atomic mass is 16.5. The molecule has 1 heterocycles. The number of benzene rings is 2. The normalized spacial score (nSPS) is 20.0. The van der Waals surface area contributed by atoms with Crippen molar-refractivity contribution in [2.24, 2.45) is 11.3 Å². The number of esters is 1. The zero-order valence-electron chi connectivity index (χ0n) is 21.5. The van der Waals surface area contributed by atoms with Gasteiger partial charge >= 0.3 is 5.97 Å². The lowest BCUT2D eigenvalue weighted by molar-refractivity contribution is -0.140. The number of carbonyl (C=O) groups is 1. The van der Waals surface area contributed by atoms with E-state index in [2.05, 4.69) is 87.0 Å². The van der Waals surface area contributed by atoms with E-state index < -0.39 is 0 Å². The molecule has 1 aliphatic carbocycles. The number of hydrogen-bond acceptors (Lipinski definition) is 4. The second-order valence-electron chi connectivity index (χ2n) is 11.2. The van der Waals surface area contributed by atoms with Gasteiger partial charge in [0.15, 0.2) is 0 Å². The van der Waals surface area contributed by atoms with E-state index in [0.717, 1.165) is 41.1 Å². The van der Waals surface area contributed by atoms with Crippen LogP contribution in [0.1, 0.15) is 83.4 Å². The van der Waals surface area contributed by atoms with Crippen molar-refractivity contribution in [2.75, 3.05) is 12.4 Å². The number of hydrogen-bond donors (Lipinski definition) is 1. The van der Waals surface area contributed by atoms with Crippen LogP contribution in [0.25, 0.3) is 11.0 Å². The van der Waals surface area contributed by atoms with Crippen LogP contribution in [-0.2, 0) is 16.0 Å². The summed E-state index contributed by atoms with van der Waals surface area (Å²) in [6.07, 6.45) is 4.58. The van der Waals surface area contributed by atoms with Gasteiger partial charge in [-0.05, 0) is 78.3 Å². The average Bonchev–Trinajstić information content (AvgIpc) is 3.13. The van der Waals surface area contributed by atoms with Gasteiger partial charge in [0.1, 0.15) is 0 Å². The molecule has 3 aromatic rings. The Morgan fingerprint density at radius 1 is 1.18 bits per heavy atom. The van der Waals surface area contributed by atoms with Crippen molar-refractivity contribution in [1.29, 1.82) is 0 Å². The molecule has 0 spiro atoms. The van der Waals surface area contributed by atoms with Crippen molar-refractivity contribution in [1.82, 2.24) is 9.55 Å². The van der Waals surface area contributed by atoms with E-state index in [-0.39, 0.29) is 5.97 Å². The third-order valence-corrected chi connectivity index (χ3v) is 7.16. The van der Waals surface area contributed by atoms with Crippen LogP contribution in [0.5, 0.6) is 0 Å². The summed E-state index contributed by atoms with van der Waals surface area (Å²) in [5, 5.41) is 3.62. The molecule has 2 aromatic carbocycles. The van der Waals surface area contributed by atoms with Crippen molar-refractivity contribution in [3.05, 3.63) is 53.6 Å². The summed E-state index contributed by atoms with van der Waals surface area (Å²) in [6.45, 7) is 11.6. The van der Waals surface area contributed by atoms with Crippen molar-refractivity contribution >= 4 is 28.6 Å². The maximum absolute atomic E-state index is 11.6. The van der Waals surface area contributed by atoms with Gasteiger partial charge in [-0.2, -0.15) is 0 Å². The second-order valence-corrected chi connectivity index (χ2v) is 11.2. The first kappa shape index (κ1) is 24.3. The van der Waals surface area contributed by atoms with Crippen LogP contribution in [0, 0.1) is 11.3 Å². The lowest BCUT2D eigenvalue weighted by Gasteiger charge is -2.40. The molecule has 1 aliphatic rings. The summed E-state index contributed by atoms with van der Waals surface area (Å²) in [5.74, 6) is 1.89. The number of carbonyl (C=O) groups excluding carboxylic acids is 1. The van der Waals surface area contributed by atoms with Gasteiger partial charge in [0, 0.05) is 18.2 Å². The Morgan fingerprint density at radius 2 is 1.91 bits per heavy atom. The molecular formula is C29H39N3O2. The summed E-state index contributed by atoms with van der Waals surface area (Å²) >= 11 is 0. The third kappa shape index (κ3) is 5.45. The Bertz CT molecular complexity index is 1140. The number of methoxy groups -OCH3 is 1. The Labute approximate surface area is 203 Å². The first-order chi connectivity index (χ1) is 16.1. The molecule has 0 amide bonds. The predicted octanol–water partition coefficient (Wildman–Crippen LogP) is 7.40. The quantitative estimate of drug-likeness (QED) is 0.373. The van der Waals surface area contributed by atoms with Gasteiger partial charge in [0.25, 0.3) is 0 Å². The number of rotatable bonds is 7. The highest BCUT2D eigenvalue weighted by molar-refractivity contribution is 5.81. The molecule has 0 bridgehead atoms. The fraction of sp³-hybridized carbons (Fsp3) is 0.517. The molecule has 5 nitrogen and oxygen atoms in total. The first-order valence-electron chi connectivity index (χ1n) is 12.6. The lowest BCUT2D eigenvalue weighted by atomic mass is 9.70. The SMILES string of the molecule is COC(=O)CCc1ccc2c(c1)nc(Nc1ccc(C(C)C)cc1)n2[C@@H]1C[C@H](C)CC(C)(C)C1. The minimum atomic E-state index is -0.184. The molecule has 34 heavy (non-hydrogen) atoms. The minimum absolute atomic E-state index is 0.184. The maximum Gasteiger partial charge on any atom is 0.305 e. The summed E-state index contributed by atoms with van der Waals surface area (Å²) in [4.78, 5) is 16.7. The van der Waals surface area contributed by atoms with E-state index in [9.17, 15) is 4.79 Å². The fourth-order valence-electron chi connectivity index (χ4n) is 5.68. The number of nitrogens with one attached hydrogen (secondary N) is 1. The van der Waals surface area contributed by atoms with Crippen LogP contribution in [0.2, 0.25) is 0 Å². The molecule has 0 aliphatic heterocycles. The maximum atomic E-state index is 11.6. The molecule has 5 heteroatoms. The van der Waals surface area contributed by atoms with Crippen LogP contribution in [-0.4, -0.2) is 22.6 Å². The van der Waals surface area contributed by atoms with E-state index in [1.807, 2.05) is 0 Å². The molecule has 2 atom stereocenters. The second kappa shape index (κ2) is 9.81. The van der Waals surface area contributed by atoms with Gasteiger partial charge in [0.05, 0.1) is 18.1 Å². The molecule has 182 valence electrons. The Hall–Kier alpha value is -2.82. The van der Waals surface area contributed by atoms with E-state index in [0.29, 0.717) is 36.1 Å². The zero-order valence-corrected chi connectivity index (χ0v) is 21.5. The topological polar surface area (TPSA) is 56.1 Å². The molecule has 1 fully saturated rings. The number of nitrogens with zero attached hydrogens (tertiary/aromatic N) is 2. The van der Waals surface area contributed by atoms with Crippen molar-refractivity contribution in [2.45, 2.75) is 78.7 Å². The Balaban J connectivity index is 1.72. The van der Waals surface area contributed by atoms with Crippen molar-refractivity contribution in [3.8, 4) is 0 Å². The Morgan fingerprint density at radius 3 is 2.56 bits per heavy atom. The van der Waals surface area contributed by atoms with Gasteiger partial charge in [-0.1, -0.05) is 52.8 Å². The van der Waals surface area contributed by atoms with Gasteiger partial charge in [-0.15, -0.1) is 0 Å². The summed E-state index contributed by atoms with van der Waals surface area (Å²) in [5.41, 5.74) is 5.91. The molecule has 0 unspecified atom stereocenters. The number of ether oxygens (including phenoxy) is 1. The minimum Gasteiger partial charge on any atom is -0.469 e. The largest absolute Gasteiger partial charge is 0.469 e. The van der Waals surface area contributed by atoms with Crippen LogP contribution in [0.15, 0.2) is 42.5 Å². The highest BCUT2D eigenvalue weighted by Gasteiger charge is 2.34. The van der Waals surface area contributed by atoms with Crippen LogP contribution in [0.4, 0.5) is 11.6 Å². The van der Waals surface area contributed by atoms with E-state index >= 15 is 0 Å². The van der Waals surface area contributed by atoms with Gasteiger partial charge in [-0.3, -0.25) is 4.79 Å². The number of aryl methyl sites for hydroxylation is 1. The smallest absolute Gasteiger partial charge is 0.305 e. The molecule has 1 N–H and O–H groups in total. The highest BCUT2D eigenvalue weighted by Crippen LogP contribution is 2.46. The van der Waals surface area contributed by atoms with Crippen LogP contribution in [0.3, 0.4) is 0 Å². The first-order valence-corrected chi connectivity index (χ1v) is 12.6. The molecule has 1 saturated carbocycles. The van der Waals surface area contributed by atoms with E-state index in [4.69, 9.17) is 9.72 Å². The van der Waals surface area contributed by atoms with Crippen molar-refractivity contribution in [3.63, 3.8) is 0 Å². The standard InChI is InChI=1S/C29H39N3O2/c1-19(2)22-9-11-23(12-10-22)30-28-31-25-16-21(8-14-27(33)34-6)7-13-26(25)32(28)24-15-20(3)17-29(4,5)18-24/h7,9-13,16,19-20,24H,8,14-15,17-18H2,1-6H3,(H,30,31)/t20-,24+/m0/s1. The molecule has 0 radical (unpaired) electrons. The van der Waals surface area contributed by atoms with E-state index in [1.54, 1.807) is 0 Å². The third-order valence-electron chi connectivity index (χ3n) is 7.16. The van der Waals surface area contributed by atoms with Gasteiger partial charge in [0.2, 0.25) is 5.95 Å². The number of anilines is 2. The number of imidazole rings is 1. The predicted molar refractivity (Wildman–Crippen MR) is 140 cm³/mol. The monoisotopic (exact) mass is 461 g/mol.